The molecule has 2 N–H and O–H groups in total. The highest BCUT2D eigenvalue weighted by Crippen LogP contribution is 2.40. The molecule has 13 heteroatoms. The number of halogens is 1. The molecule has 1 atom stereocenters. The summed E-state index contributed by atoms with van der Waals surface area (Å²) in [6, 6.07) is 5.25. The van der Waals surface area contributed by atoms with Crippen molar-refractivity contribution in [1.82, 2.24) is 20.2 Å². The van der Waals surface area contributed by atoms with Gasteiger partial charge in [0.25, 0.3) is 5.91 Å². The first-order valence-corrected chi connectivity index (χ1v) is 14.8. The van der Waals surface area contributed by atoms with Gasteiger partial charge < -0.3 is 34.8 Å². The first kappa shape index (κ1) is 30.3. The van der Waals surface area contributed by atoms with Gasteiger partial charge in [-0.25, -0.2) is 14.2 Å². The Kier molecular flexibility index (Phi) is 8.88. The second kappa shape index (κ2) is 12.6. The number of likely N-dealkylation sites (tertiary alicyclic amines) is 1. The summed E-state index contributed by atoms with van der Waals surface area (Å²) in [5.74, 6) is 1.13. The highest BCUT2D eigenvalue weighted by molar-refractivity contribution is 6.01. The van der Waals surface area contributed by atoms with Gasteiger partial charge in [0, 0.05) is 31.7 Å². The van der Waals surface area contributed by atoms with Crippen LogP contribution in [0.1, 0.15) is 56.3 Å². The van der Waals surface area contributed by atoms with E-state index in [1.165, 1.54) is 12.0 Å². The molecule has 1 aromatic heterocycles. The number of methoxy groups -OCH3 is 1. The van der Waals surface area contributed by atoms with E-state index in [4.69, 9.17) is 14.5 Å². The second-order valence-corrected chi connectivity index (χ2v) is 12.0. The number of anilines is 4. The molecule has 2 fully saturated rings. The van der Waals surface area contributed by atoms with Crippen molar-refractivity contribution < 1.29 is 28.2 Å². The van der Waals surface area contributed by atoms with E-state index in [-0.39, 0.29) is 31.5 Å². The van der Waals surface area contributed by atoms with Gasteiger partial charge in [-0.15, -0.1) is 0 Å². The highest BCUT2D eigenvalue weighted by atomic mass is 19.1. The van der Waals surface area contributed by atoms with Gasteiger partial charge in [0.1, 0.15) is 24.2 Å². The summed E-state index contributed by atoms with van der Waals surface area (Å²) in [5, 5.41) is 5.93. The third-order valence-electron chi connectivity index (χ3n) is 8.31. The molecule has 0 radical (unpaired) electrons. The highest BCUT2D eigenvalue weighted by Gasteiger charge is 2.41. The van der Waals surface area contributed by atoms with Crippen LogP contribution in [0.3, 0.4) is 0 Å². The summed E-state index contributed by atoms with van der Waals surface area (Å²) in [6.07, 6.45) is 4.79. The normalized spacial score (nSPS) is 20.1. The Balaban J connectivity index is 1.27. The van der Waals surface area contributed by atoms with Crippen molar-refractivity contribution in [2.45, 2.75) is 58.2 Å². The van der Waals surface area contributed by atoms with Crippen LogP contribution in [0.2, 0.25) is 0 Å². The number of aromatic nitrogens is 2. The summed E-state index contributed by atoms with van der Waals surface area (Å²) in [6.45, 7) is 4.95. The van der Waals surface area contributed by atoms with E-state index in [0.717, 1.165) is 31.5 Å². The fraction of sp³-hybridized carbons (Fsp3) is 0.567. The van der Waals surface area contributed by atoms with Crippen molar-refractivity contribution in [3.05, 3.63) is 30.0 Å². The molecule has 0 bridgehead atoms. The number of carbonyl (C=O) groups is 3. The molecule has 3 heterocycles. The maximum absolute atomic E-state index is 13.3. The Labute approximate surface area is 250 Å². The summed E-state index contributed by atoms with van der Waals surface area (Å²) < 4.78 is 24.0. The number of ether oxygens (including phenoxy) is 2. The lowest BCUT2D eigenvalue weighted by Crippen LogP contribution is -2.45. The average molecular weight is 598 g/mol. The maximum atomic E-state index is 13.3. The fourth-order valence-corrected chi connectivity index (χ4v) is 5.96. The van der Waals surface area contributed by atoms with Crippen molar-refractivity contribution in [2.75, 3.05) is 62.1 Å². The molecule has 12 nitrogen and oxygen atoms in total. The Morgan fingerprint density at radius 2 is 1.95 bits per heavy atom. The van der Waals surface area contributed by atoms with Gasteiger partial charge in [-0.2, -0.15) is 4.98 Å². The molecule has 43 heavy (non-hydrogen) atoms. The average Bonchev–Trinajstić information content (AvgIpc) is 3.68. The molecule has 1 aromatic carbocycles. The number of rotatable bonds is 8. The predicted molar refractivity (Wildman–Crippen MR) is 160 cm³/mol. The Bertz CT molecular complexity index is 1370. The predicted octanol–water partition coefficient (Wildman–Crippen LogP) is 3.89. The van der Waals surface area contributed by atoms with Crippen LogP contribution in [0, 0.1) is 5.41 Å². The third kappa shape index (κ3) is 6.60. The Morgan fingerprint density at radius 1 is 1.19 bits per heavy atom. The number of hydrogen-bond donors (Lipinski definition) is 2. The van der Waals surface area contributed by atoms with E-state index < -0.39 is 17.7 Å². The molecule has 3 aliphatic rings. The first-order chi connectivity index (χ1) is 20.6. The number of benzene rings is 1. The number of amides is 3. The van der Waals surface area contributed by atoms with E-state index in [1.54, 1.807) is 36.3 Å². The van der Waals surface area contributed by atoms with Crippen LogP contribution in [0.5, 0.6) is 5.75 Å². The summed E-state index contributed by atoms with van der Waals surface area (Å²) in [4.78, 5) is 52.6. The van der Waals surface area contributed by atoms with Crippen LogP contribution in [0.25, 0.3) is 0 Å². The number of hydrogen-bond acceptors (Lipinski definition) is 9. The van der Waals surface area contributed by atoms with Crippen LogP contribution >= 0.6 is 0 Å². The van der Waals surface area contributed by atoms with Gasteiger partial charge in [0.05, 0.1) is 37.5 Å². The fourth-order valence-electron chi connectivity index (χ4n) is 5.96. The van der Waals surface area contributed by atoms with E-state index in [0.29, 0.717) is 54.2 Å². The summed E-state index contributed by atoms with van der Waals surface area (Å²) >= 11 is 0. The monoisotopic (exact) mass is 597 g/mol. The number of nitrogens with one attached hydrogen (secondary N) is 2. The van der Waals surface area contributed by atoms with Crippen molar-refractivity contribution in [3.63, 3.8) is 0 Å². The Hall–Kier alpha value is -4.16. The zero-order valence-electron chi connectivity index (χ0n) is 25.2. The number of nitrogens with zero attached hydrogens (tertiary/aromatic N) is 5. The second-order valence-electron chi connectivity index (χ2n) is 12.0. The molecule has 3 amide bonds. The lowest BCUT2D eigenvalue weighted by Gasteiger charge is -2.34. The SMILES string of the molecule is COc1cc(C(=O)NCCOC(=O)N2CC[C@@H](F)C2)ccc1Nc1ncc2c(n1)N(C1CCCC1)CC(C)(C)C(=O)N2C. The van der Waals surface area contributed by atoms with Gasteiger partial charge >= 0.3 is 6.09 Å². The van der Waals surface area contributed by atoms with Crippen LogP contribution < -0.4 is 25.2 Å². The molecule has 5 rings (SSSR count). The van der Waals surface area contributed by atoms with E-state index in [2.05, 4.69) is 20.5 Å². The van der Waals surface area contributed by atoms with Crippen molar-refractivity contribution in [3.8, 4) is 5.75 Å². The minimum absolute atomic E-state index is 0.0220. The quantitative estimate of drug-likeness (QED) is 0.436. The first-order valence-electron chi connectivity index (χ1n) is 14.8. The molecule has 232 valence electrons. The molecule has 2 aliphatic heterocycles. The molecule has 1 saturated carbocycles. The molecular weight excluding hydrogens is 557 g/mol. The largest absolute Gasteiger partial charge is 0.495 e. The van der Waals surface area contributed by atoms with E-state index >= 15 is 0 Å². The molecule has 0 unspecified atom stereocenters. The minimum Gasteiger partial charge on any atom is -0.495 e. The van der Waals surface area contributed by atoms with Gasteiger partial charge in [-0.05, 0) is 51.3 Å². The van der Waals surface area contributed by atoms with Gasteiger partial charge in [0.2, 0.25) is 11.9 Å². The van der Waals surface area contributed by atoms with Crippen molar-refractivity contribution in [1.29, 1.82) is 0 Å². The molecule has 1 saturated heterocycles. The number of carbonyl (C=O) groups excluding carboxylic acids is 3. The zero-order valence-corrected chi connectivity index (χ0v) is 25.2. The topological polar surface area (TPSA) is 129 Å². The van der Waals surface area contributed by atoms with Crippen LogP contribution in [0.4, 0.5) is 32.3 Å². The van der Waals surface area contributed by atoms with Crippen molar-refractivity contribution in [2.24, 2.45) is 5.41 Å². The van der Waals surface area contributed by atoms with Crippen LogP contribution in [0.15, 0.2) is 24.4 Å². The molecular formula is C30H40FN7O5. The number of fused-ring (bicyclic) bond motifs is 1. The molecule has 1 aliphatic carbocycles. The van der Waals surface area contributed by atoms with Gasteiger partial charge in [-0.3, -0.25) is 9.59 Å². The Morgan fingerprint density at radius 3 is 2.65 bits per heavy atom. The standard InChI is InChI=1S/C30H40FN7O5/c1-30(2)18-38(21-7-5-6-8-21)25-23(36(3)27(30)40)16-33-28(35-25)34-22-10-9-19(15-24(22)42-4)26(39)32-12-14-43-29(41)37-13-11-20(31)17-37/h9-10,15-16,20-21H,5-8,11-14,17-18H2,1-4H3,(H,32,39)(H,33,34,35)/t20-/m1/s1. The summed E-state index contributed by atoms with van der Waals surface area (Å²) in [5.41, 5.74) is 1.01. The van der Waals surface area contributed by atoms with Gasteiger partial charge in [-0.1, -0.05) is 12.8 Å². The molecule has 2 aromatic rings. The smallest absolute Gasteiger partial charge is 0.409 e. The minimum atomic E-state index is -1.02. The number of alkyl halides is 1. The van der Waals surface area contributed by atoms with Crippen molar-refractivity contribution >= 4 is 41.0 Å². The summed E-state index contributed by atoms with van der Waals surface area (Å²) in [7, 11) is 3.27. The van der Waals surface area contributed by atoms with Crippen LogP contribution in [-0.2, 0) is 9.53 Å². The lowest BCUT2D eigenvalue weighted by molar-refractivity contribution is -0.125. The zero-order chi connectivity index (χ0) is 30.7. The van der Waals surface area contributed by atoms with E-state index in [1.807, 2.05) is 13.8 Å². The van der Waals surface area contributed by atoms with E-state index in [9.17, 15) is 18.8 Å². The van der Waals surface area contributed by atoms with Gasteiger partial charge in [0.15, 0.2) is 5.82 Å². The van der Waals surface area contributed by atoms with Crippen LogP contribution in [-0.4, -0.2) is 91.9 Å². The maximum Gasteiger partial charge on any atom is 0.409 e. The molecule has 0 spiro atoms. The lowest BCUT2D eigenvalue weighted by atomic mass is 9.91. The third-order valence-corrected chi connectivity index (χ3v) is 8.31.